The maximum absolute atomic E-state index is 11.3. The van der Waals surface area contributed by atoms with Gasteiger partial charge in [-0.05, 0) is 13.0 Å². The van der Waals surface area contributed by atoms with Crippen LogP contribution in [-0.2, 0) is 0 Å². The topological polar surface area (TPSA) is 111 Å². The molecule has 0 spiro atoms. The minimum atomic E-state index is -0.519. The second kappa shape index (κ2) is 7.09. The summed E-state index contributed by atoms with van der Waals surface area (Å²) in [6, 6.07) is 4.47. The highest BCUT2D eigenvalue weighted by atomic mass is 16.6. The van der Waals surface area contributed by atoms with Gasteiger partial charge in [-0.15, -0.1) is 0 Å². The number of anilines is 1. The summed E-state index contributed by atoms with van der Waals surface area (Å²) in [4.78, 5) is 23.2. The fourth-order valence-electron chi connectivity index (χ4n) is 1.66. The number of nitrogens with one attached hydrogen (secondary N) is 2. The molecule has 0 unspecified atom stereocenters. The SMILES string of the molecule is Cc1c(NCCNC(=O)N(C)C)cc(C#N)cc1[N+](=O)[O-]. The first kappa shape index (κ1) is 16.2. The Morgan fingerprint density at radius 3 is 2.62 bits per heavy atom. The van der Waals surface area contributed by atoms with Crippen LogP contribution in [0, 0.1) is 28.4 Å². The summed E-state index contributed by atoms with van der Waals surface area (Å²) >= 11 is 0. The van der Waals surface area contributed by atoms with E-state index in [1.807, 2.05) is 6.07 Å². The predicted octanol–water partition coefficient (Wildman–Crippen LogP) is 1.46. The van der Waals surface area contributed by atoms with Crippen molar-refractivity contribution >= 4 is 17.4 Å². The van der Waals surface area contributed by atoms with Crippen molar-refractivity contribution in [3.63, 3.8) is 0 Å². The summed E-state index contributed by atoms with van der Waals surface area (Å²) in [5.41, 5.74) is 1.08. The third kappa shape index (κ3) is 4.35. The van der Waals surface area contributed by atoms with Crippen molar-refractivity contribution in [2.75, 3.05) is 32.5 Å². The number of urea groups is 1. The molecular formula is C13H17N5O3. The van der Waals surface area contributed by atoms with E-state index in [1.54, 1.807) is 27.1 Å². The van der Waals surface area contributed by atoms with Gasteiger partial charge in [-0.1, -0.05) is 0 Å². The van der Waals surface area contributed by atoms with Crippen molar-refractivity contribution < 1.29 is 9.72 Å². The van der Waals surface area contributed by atoms with Crippen LogP contribution in [0.5, 0.6) is 0 Å². The third-order valence-corrected chi connectivity index (χ3v) is 2.83. The molecule has 21 heavy (non-hydrogen) atoms. The molecule has 0 aromatic heterocycles. The summed E-state index contributed by atoms with van der Waals surface area (Å²) in [7, 11) is 3.26. The highest BCUT2D eigenvalue weighted by Gasteiger charge is 2.16. The first-order valence-electron chi connectivity index (χ1n) is 6.25. The number of nitro benzene ring substituents is 1. The smallest absolute Gasteiger partial charge is 0.316 e. The van der Waals surface area contributed by atoms with Crippen LogP contribution in [0.3, 0.4) is 0 Å². The monoisotopic (exact) mass is 291 g/mol. The summed E-state index contributed by atoms with van der Waals surface area (Å²) in [6.07, 6.45) is 0. The highest BCUT2D eigenvalue weighted by molar-refractivity contribution is 5.73. The van der Waals surface area contributed by atoms with Gasteiger partial charge in [0, 0.05) is 44.5 Å². The molecule has 0 aliphatic rings. The molecule has 0 radical (unpaired) electrons. The van der Waals surface area contributed by atoms with E-state index < -0.39 is 4.92 Å². The van der Waals surface area contributed by atoms with Gasteiger partial charge in [-0.3, -0.25) is 10.1 Å². The number of rotatable bonds is 5. The zero-order valence-corrected chi connectivity index (χ0v) is 12.1. The van der Waals surface area contributed by atoms with Gasteiger partial charge in [0.1, 0.15) is 0 Å². The van der Waals surface area contributed by atoms with Gasteiger partial charge in [0.25, 0.3) is 5.69 Å². The minimum Gasteiger partial charge on any atom is -0.383 e. The Hall–Kier alpha value is -2.82. The standard InChI is InChI=1S/C13H17N5O3/c1-9-11(15-4-5-16-13(19)17(2)3)6-10(8-14)7-12(9)18(20)21/h6-7,15H,4-5H2,1-3H3,(H,16,19). The number of carbonyl (C=O) groups is 1. The summed E-state index contributed by atoms with van der Waals surface area (Å²) in [5, 5.41) is 25.5. The Morgan fingerprint density at radius 1 is 1.43 bits per heavy atom. The van der Waals surface area contributed by atoms with Gasteiger partial charge in [-0.2, -0.15) is 5.26 Å². The van der Waals surface area contributed by atoms with Gasteiger partial charge >= 0.3 is 6.03 Å². The molecule has 0 fully saturated rings. The van der Waals surface area contributed by atoms with Crippen molar-refractivity contribution in [1.29, 1.82) is 5.26 Å². The third-order valence-electron chi connectivity index (χ3n) is 2.83. The summed E-state index contributed by atoms with van der Waals surface area (Å²) in [6.45, 7) is 2.37. The van der Waals surface area contributed by atoms with E-state index >= 15 is 0 Å². The van der Waals surface area contributed by atoms with Crippen LogP contribution < -0.4 is 10.6 Å². The fourth-order valence-corrected chi connectivity index (χ4v) is 1.66. The van der Waals surface area contributed by atoms with E-state index in [2.05, 4.69) is 10.6 Å². The van der Waals surface area contributed by atoms with E-state index in [1.165, 1.54) is 11.0 Å². The van der Waals surface area contributed by atoms with Crippen molar-refractivity contribution in [2.45, 2.75) is 6.92 Å². The first-order valence-corrected chi connectivity index (χ1v) is 6.25. The lowest BCUT2D eigenvalue weighted by Gasteiger charge is -2.13. The van der Waals surface area contributed by atoms with E-state index in [-0.39, 0.29) is 17.3 Å². The molecule has 1 aromatic rings. The van der Waals surface area contributed by atoms with Crippen LogP contribution in [0.2, 0.25) is 0 Å². The molecule has 1 rings (SSSR count). The number of hydrogen-bond donors (Lipinski definition) is 2. The average molecular weight is 291 g/mol. The molecule has 112 valence electrons. The maximum Gasteiger partial charge on any atom is 0.316 e. The normalized spacial score (nSPS) is 9.62. The molecule has 8 nitrogen and oxygen atoms in total. The van der Waals surface area contributed by atoms with Gasteiger partial charge in [0.15, 0.2) is 0 Å². The Kier molecular flexibility index (Phi) is 5.48. The Bertz CT molecular complexity index is 592. The Morgan fingerprint density at radius 2 is 2.10 bits per heavy atom. The van der Waals surface area contributed by atoms with E-state index in [4.69, 9.17) is 5.26 Å². The molecule has 0 bridgehead atoms. The lowest BCUT2D eigenvalue weighted by molar-refractivity contribution is -0.385. The fraction of sp³-hybridized carbons (Fsp3) is 0.385. The number of nitrogens with zero attached hydrogens (tertiary/aromatic N) is 3. The van der Waals surface area contributed by atoms with Gasteiger partial charge in [0.2, 0.25) is 0 Å². The van der Waals surface area contributed by atoms with Gasteiger partial charge in [0.05, 0.1) is 16.6 Å². The lowest BCUT2D eigenvalue weighted by Crippen LogP contribution is -2.37. The van der Waals surface area contributed by atoms with Crippen LogP contribution >= 0.6 is 0 Å². The molecule has 0 aliphatic heterocycles. The number of nitriles is 1. The second-order valence-corrected chi connectivity index (χ2v) is 4.59. The second-order valence-electron chi connectivity index (χ2n) is 4.59. The van der Waals surface area contributed by atoms with Gasteiger partial charge < -0.3 is 15.5 Å². The van der Waals surface area contributed by atoms with Crippen LogP contribution in [0.25, 0.3) is 0 Å². The Balaban J connectivity index is 2.75. The highest BCUT2D eigenvalue weighted by Crippen LogP contribution is 2.27. The molecular weight excluding hydrogens is 274 g/mol. The number of carbonyl (C=O) groups excluding carboxylic acids is 1. The zero-order valence-electron chi connectivity index (χ0n) is 12.1. The number of hydrogen-bond acceptors (Lipinski definition) is 5. The lowest BCUT2D eigenvalue weighted by atomic mass is 10.1. The first-order chi connectivity index (χ1) is 9.86. The van der Waals surface area contributed by atoms with Crippen LogP contribution in [0.15, 0.2) is 12.1 Å². The van der Waals surface area contributed by atoms with E-state index in [0.717, 1.165) is 0 Å². The quantitative estimate of drug-likeness (QED) is 0.484. The minimum absolute atomic E-state index is 0.103. The zero-order chi connectivity index (χ0) is 16.0. The number of benzene rings is 1. The van der Waals surface area contributed by atoms with Crippen molar-refractivity contribution in [3.05, 3.63) is 33.4 Å². The molecule has 2 amide bonds. The maximum atomic E-state index is 11.3. The molecule has 0 saturated heterocycles. The summed E-state index contributed by atoms with van der Waals surface area (Å²) in [5.74, 6) is 0. The average Bonchev–Trinajstić information content (AvgIpc) is 2.44. The molecule has 0 heterocycles. The van der Waals surface area contributed by atoms with Gasteiger partial charge in [-0.25, -0.2) is 4.79 Å². The van der Waals surface area contributed by atoms with Crippen LogP contribution in [-0.4, -0.2) is 43.0 Å². The molecule has 0 saturated carbocycles. The molecule has 0 atom stereocenters. The molecule has 2 N–H and O–H groups in total. The molecule has 1 aromatic carbocycles. The largest absolute Gasteiger partial charge is 0.383 e. The predicted molar refractivity (Wildman–Crippen MR) is 78.1 cm³/mol. The summed E-state index contributed by atoms with van der Waals surface area (Å²) < 4.78 is 0. The number of nitro groups is 1. The van der Waals surface area contributed by atoms with E-state index in [9.17, 15) is 14.9 Å². The number of amides is 2. The van der Waals surface area contributed by atoms with Crippen molar-refractivity contribution in [2.24, 2.45) is 0 Å². The van der Waals surface area contributed by atoms with Crippen molar-refractivity contribution in [3.8, 4) is 6.07 Å². The Labute approximate surface area is 122 Å². The molecule has 0 aliphatic carbocycles. The van der Waals surface area contributed by atoms with Crippen molar-refractivity contribution in [1.82, 2.24) is 10.2 Å². The van der Waals surface area contributed by atoms with Crippen LogP contribution in [0.1, 0.15) is 11.1 Å². The van der Waals surface area contributed by atoms with E-state index in [0.29, 0.717) is 24.3 Å². The molecule has 8 heteroatoms. The van der Waals surface area contributed by atoms with Crippen LogP contribution in [0.4, 0.5) is 16.2 Å².